The molecule has 0 atom stereocenters. The van der Waals surface area contributed by atoms with Gasteiger partial charge in [0, 0.05) is 42.9 Å². The fourth-order valence-electron chi connectivity index (χ4n) is 2.18. The Morgan fingerprint density at radius 1 is 0.417 bits per heavy atom. The summed E-state index contributed by atoms with van der Waals surface area (Å²) in [6.45, 7) is 0. The van der Waals surface area contributed by atoms with Crippen LogP contribution in [-0.2, 0) is 0 Å². The van der Waals surface area contributed by atoms with Gasteiger partial charge >= 0.3 is 0 Å². The zero-order valence-electron chi connectivity index (χ0n) is 12.0. The molecule has 5 heterocycles. The highest BCUT2D eigenvalue weighted by molar-refractivity contribution is 7.11. The molecule has 1 aliphatic heterocycles. The van der Waals surface area contributed by atoms with Gasteiger partial charge in [-0.05, 0) is 24.3 Å². The molecule has 5 rings (SSSR count). The third-order valence-corrected chi connectivity index (χ3v) is 7.42. The molecule has 1 aliphatic rings. The van der Waals surface area contributed by atoms with Crippen molar-refractivity contribution in [2.24, 2.45) is 0 Å². The van der Waals surface area contributed by atoms with Crippen LogP contribution in [0.3, 0.4) is 0 Å². The van der Waals surface area contributed by atoms with Crippen LogP contribution < -0.4 is 18.1 Å². The zero-order valence-corrected chi connectivity index (χ0v) is 15.3. The zero-order chi connectivity index (χ0) is 15.9. The predicted molar refractivity (Wildman–Crippen MR) is 100 cm³/mol. The van der Waals surface area contributed by atoms with Gasteiger partial charge in [0.05, 0.1) is 0 Å². The van der Waals surface area contributed by atoms with Crippen molar-refractivity contribution in [1.82, 2.24) is 19.9 Å². The van der Waals surface area contributed by atoms with Gasteiger partial charge in [0.1, 0.15) is 0 Å². The Bertz CT molecular complexity index is 1240. The first kappa shape index (κ1) is 14.4. The van der Waals surface area contributed by atoms with Crippen molar-refractivity contribution in [2.75, 3.05) is 0 Å². The monoisotopic (exact) mass is 384 g/mol. The van der Waals surface area contributed by atoms with Crippen molar-refractivity contribution in [2.45, 2.75) is 0 Å². The normalized spacial score (nSPS) is 21.3. The van der Waals surface area contributed by atoms with Gasteiger partial charge in [-0.2, -0.15) is 0 Å². The lowest BCUT2D eigenvalue weighted by Gasteiger charge is -1.72. The van der Waals surface area contributed by atoms with E-state index in [9.17, 15) is 0 Å². The maximum Gasteiger partial charge on any atom is 0.152 e. The lowest BCUT2D eigenvalue weighted by atomic mass is 10.5. The Morgan fingerprint density at radius 2 is 0.667 bits per heavy atom. The van der Waals surface area contributed by atoms with Gasteiger partial charge in [0.2, 0.25) is 0 Å². The van der Waals surface area contributed by atoms with Crippen molar-refractivity contribution in [3.05, 3.63) is 61.6 Å². The smallest absolute Gasteiger partial charge is 0.152 e. The van der Waals surface area contributed by atoms with Gasteiger partial charge < -0.3 is 0 Å². The van der Waals surface area contributed by atoms with Crippen LogP contribution in [0.2, 0.25) is 0 Å². The standard InChI is InChI=1S/C16H8N4S4/c1-2-10-6-18-15(22-10)16-20-8-12(24-16)4-3-11-7-19-14(23-11)13-17-5-9(1)21-13/h1-8H/b2-1?,4-3?,9-1-,10-2-,11-3-,12-4-,14-13-,16-15-. The van der Waals surface area contributed by atoms with Crippen LogP contribution in [0.1, 0.15) is 0 Å². The molecule has 0 saturated heterocycles. The van der Waals surface area contributed by atoms with E-state index in [-0.39, 0.29) is 0 Å². The molecule has 0 fully saturated rings. The van der Waals surface area contributed by atoms with Crippen LogP contribution in [0.15, 0.2) is 24.8 Å². The minimum atomic E-state index is 0.955. The van der Waals surface area contributed by atoms with E-state index in [1.807, 2.05) is 24.8 Å². The number of rotatable bonds is 0. The molecule has 4 nitrogen and oxygen atoms in total. The Hall–Kier alpha value is -2.00. The van der Waals surface area contributed by atoms with Gasteiger partial charge in [-0.3, -0.25) is 0 Å². The average Bonchev–Trinajstić information content (AvgIpc) is 3.37. The highest BCUT2D eigenvalue weighted by Crippen LogP contribution is 2.00. The summed E-state index contributed by atoms with van der Waals surface area (Å²) in [7, 11) is 0. The largest absolute Gasteiger partial charge is 0.241 e. The molecule has 0 amide bonds. The molecule has 0 N–H and O–H groups in total. The lowest BCUT2D eigenvalue weighted by Crippen LogP contribution is -1.91. The van der Waals surface area contributed by atoms with Crippen molar-refractivity contribution < 1.29 is 0 Å². The third kappa shape index (κ3) is 2.67. The van der Waals surface area contributed by atoms with Gasteiger partial charge in [-0.15, -0.1) is 45.3 Å². The quantitative estimate of drug-likeness (QED) is 0.452. The van der Waals surface area contributed by atoms with E-state index in [1.165, 1.54) is 0 Å². The SMILES string of the molecule is C1=c2/cn/c(s2)=c2\nc/c(s2)=C/C=c2/cn/c(s2)=c2\nc/c(s2)=C/1. The Balaban J connectivity index is 1.96. The van der Waals surface area contributed by atoms with Crippen LogP contribution in [-0.4, -0.2) is 19.9 Å². The fraction of sp³-hybridized carbons (Fsp3) is 0. The number of thiazole rings is 4. The van der Waals surface area contributed by atoms with Crippen molar-refractivity contribution in [1.29, 1.82) is 0 Å². The first-order valence-electron chi connectivity index (χ1n) is 7.04. The number of nitrogens with zero attached hydrogens (tertiary/aromatic N) is 4. The van der Waals surface area contributed by atoms with Crippen LogP contribution in [0.25, 0.3) is 24.3 Å². The summed E-state index contributed by atoms with van der Waals surface area (Å²) < 4.78 is 8.25. The van der Waals surface area contributed by atoms with Gasteiger partial charge in [-0.25, -0.2) is 19.9 Å². The first-order valence-corrected chi connectivity index (χ1v) is 10.3. The van der Waals surface area contributed by atoms with Crippen molar-refractivity contribution in [3.63, 3.8) is 0 Å². The van der Waals surface area contributed by atoms with E-state index in [4.69, 9.17) is 0 Å². The summed E-state index contributed by atoms with van der Waals surface area (Å²) >= 11 is 6.59. The van der Waals surface area contributed by atoms with E-state index in [0.717, 1.165) is 36.8 Å². The van der Waals surface area contributed by atoms with Crippen LogP contribution >= 0.6 is 45.3 Å². The first-order chi connectivity index (χ1) is 11.8. The fourth-order valence-corrected chi connectivity index (χ4v) is 5.52. The third-order valence-electron chi connectivity index (χ3n) is 3.28. The number of fused-ring (bicyclic) bond motifs is 8. The summed E-state index contributed by atoms with van der Waals surface area (Å²) in [5.74, 6) is 0. The summed E-state index contributed by atoms with van der Waals surface area (Å²) in [5.41, 5.74) is 0. The van der Waals surface area contributed by atoms with E-state index in [0.29, 0.717) is 0 Å². The Labute approximate surface area is 150 Å². The average molecular weight is 385 g/mol. The molecule has 0 radical (unpaired) electrons. The second kappa shape index (κ2) is 5.82. The van der Waals surface area contributed by atoms with E-state index >= 15 is 0 Å². The topological polar surface area (TPSA) is 51.6 Å². The maximum absolute atomic E-state index is 4.49. The van der Waals surface area contributed by atoms with Crippen molar-refractivity contribution in [3.8, 4) is 0 Å². The molecule has 116 valence electrons. The van der Waals surface area contributed by atoms with Crippen LogP contribution in [0.4, 0.5) is 0 Å². The van der Waals surface area contributed by atoms with Gasteiger partial charge in [0.15, 0.2) is 18.7 Å². The summed E-state index contributed by atoms with van der Waals surface area (Å²) in [4.78, 5) is 18.0. The highest BCUT2D eigenvalue weighted by atomic mass is 32.1. The van der Waals surface area contributed by atoms with Gasteiger partial charge in [-0.1, -0.05) is 0 Å². The van der Waals surface area contributed by atoms with Crippen LogP contribution in [0, 0.1) is 18.7 Å². The molecule has 0 spiro atoms. The van der Waals surface area contributed by atoms with E-state index in [2.05, 4.69) is 44.2 Å². The minimum absolute atomic E-state index is 0.955. The van der Waals surface area contributed by atoms with Crippen LogP contribution in [0.5, 0.6) is 0 Å². The Kier molecular flexibility index (Phi) is 3.48. The van der Waals surface area contributed by atoms with Crippen molar-refractivity contribution >= 4 is 69.7 Å². The molecule has 0 aromatic carbocycles. The predicted octanol–water partition coefficient (Wildman–Crippen LogP) is 0.922. The summed E-state index contributed by atoms with van der Waals surface area (Å²) in [6, 6.07) is 0. The molecular weight excluding hydrogens is 376 g/mol. The van der Waals surface area contributed by atoms with E-state index in [1.54, 1.807) is 45.3 Å². The molecule has 24 heavy (non-hydrogen) atoms. The molecular formula is C16H8N4S4. The van der Waals surface area contributed by atoms with Gasteiger partial charge in [0.25, 0.3) is 0 Å². The number of hydrogen-bond acceptors (Lipinski definition) is 8. The number of hydrogen-bond donors (Lipinski definition) is 0. The molecule has 4 aromatic rings. The molecule has 8 bridgehead atoms. The summed E-state index contributed by atoms with van der Waals surface area (Å²) in [6.07, 6.45) is 15.9. The molecule has 4 aromatic heterocycles. The second-order valence-electron chi connectivity index (χ2n) is 4.94. The summed E-state index contributed by atoms with van der Waals surface area (Å²) in [5, 5.41) is 0. The highest BCUT2D eigenvalue weighted by Gasteiger charge is 1.95. The Morgan fingerprint density at radius 3 is 0.917 bits per heavy atom. The maximum atomic E-state index is 4.49. The second-order valence-corrected chi connectivity index (χ2v) is 9.19. The molecule has 8 heteroatoms. The lowest BCUT2D eigenvalue weighted by molar-refractivity contribution is 1.26. The molecule has 0 saturated carbocycles. The van der Waals surface area contributed by atoms with E-state index < -0.39 is 0 Å². The number of aromatic nitrogens is 4. The minimum Gasteiger partial charge on any atom is -0.241 e. The molecule has 0 aliphatic carbocycles. The molecule has 0 unspecified atom stereocenters.